The highest BCUT2D eigenvalue weighted by Crippen LogP contribution is 2.31. The van der Waals surface area contributed by atoms with Crippen molar-refractivity contribution < 1.29 is 13.5 Å². The molecule has 1 fully saturated rings. The lowest BCUT2D eigenvalue weighted by Crippen LogP contribution is -2.29. The molecule has 1 aromatic carbocycles. The average molecular weight is 255 g/mol. The van der Waals surface area contributed by atoms with Gasteiger partial charge < -0.3 is 10.1 Å². The molecule has 0 saturated carbocycles. The summed E-state index contributed by atoms with van der Waals surface area (Å²) in [7, 11) is 0. The molecule has 1 aromatic rings. The molecule has 1 heterocycles. The standard InChI is InChI=1S/C14H19F2NO/c1-3-17-14(10-6-7-18-8-10)11-5-4-9(2)12(15)13(11)16/h4-5,10,14,17H,3,6-8H2,1-2H3. The van der Waals surface area contributed by atoms with Crippen LogP contribution in [-0.4, -0.2) is 19.8 Å². The maximum Gasteiger partial charge on any atom is 0.163 e. The Labute approximate surface area is 106 Å². The smallest absolute Gasteiger partial charge is 0.163 e. The predicted molar refractivity (Wildman–Crippen MR) is 66.4 cm³/mol. The molecule has 1 aliphatic rings. The van der Waals surface area contributed by atoms with Gasteiger partial charge in [0.15, 0.2) is 11.6 Å². The van der Waals surface area contributed by atoms with Crippen LogP contribution in [0.3, 0.4) is 0 Å². The van der Waals surface area contributed by atoms with Crippen molar-refractivity contribution in [2.75, 3.05) is 19.8 Å². The SMILES string of the molecule is CCNC(c1ccc(C)c(F)c1F)C1CCOC1. The van der Waals surface area contributed by atoms with Gasteiger partial charge in [-0.2, -0.15) is 0 Å². The number of hydrogen-bond donors (Lipinski definition) is 1. The predicted octanol–water partition coefficient (Wildman–Crippen LogP) is 2.96. The van der Waals surface area contributed by atoms with Crippen LogP contribution in [0.1, 0.15) is 30.5 Å². The zero-order valence-corrected chi connectivity index (χ0v) is 10.8. The van der Waals surface area contributed by atoms with E-state index >= 15 is 0 Å². The fourth-order valence-electron chi connectivity index (χ4n) is 2.47. The van der Waals surface area contributed by atoms with Gasteiger partial charge in [0.05, 0.1) is 6.61 Å². The van der Waals surface area contributed by atoms with E-state index in [2.05, 4.69) is 5.32 Å². The van der Waals surface area contributed by atoms with Crippen molar-refractivity contribution >= 4 is 0 Å². The fraction of sp³-hybridized carbons (Fsp3) is 0.571. The van der Waals surface area contributed by atoms with Gasteiger partial charge in [-0.3, -0.25) is 0 Å². The first kappa shape index (κ1) is 13.4. The van der Waals surface area contributed by atoms with Crippen LogP contribution in [0.2, 0.25) is 0 Å². The number of ether oxygens (including phenoxy) is 1. The van der Waals surface area contributed by atoms with Crippen LogP contribution >= 0.6 is 0 Å². The minimum absolute atomic E-state index is 0.174. The van der Waals surface area contributed by atoms with Crippen LogP contribution in [0.5, 0.6) is 0 Å². The third-order valence-electron chi connectivity index (χ3n) is 3.50. The first-order chi connectivity index (χ1) is 8.65. The Hall–Kier alpha value is -1.00. The van der Waals surface area contributed by atoms with Gasteiger partial charge in [-0.05, 0) is 25.5 Å². The molecule has 1 saturated heterocycles. The third-order valence-corrected chi connectivity index (χ3v) is 3.50. The Morgan fingerprint density at radius 1 is 1.39 bits per heavy atom. The molecule has 2 rings (SSSR count). The summed E-state index contributed by atoms with van der Waals surface area (Å²) in [5.41, 5.74) is 0.754. The van der Waals surface area contributed by atoms with E-state index in [4.69, 9.17) is 4.74 Å². The molecular formula is C14H19F2NO. The van der Waals surface area contributed by atoms with Gasteiger partial charge in [0.25, 0.3) is 0 Å². The number of benzene rings is 1. The van der Waals surface area contributed by atoms with Crippen LogP contribution in [-0.2, 0) is 4.74 Å². The van der Waals surface area contributed by atoms with E-state index in [1.807, 2.05) is 6.92 Å². The van der Waals surface area contributed by atoms with E-state index in [1.54, 1.807) is 19.1 Å². The first-order valence-electron chi connectivity index (χ1n) is 6.40. The van der Waals surface area contributed by atoms with Crippen molar-refractivity contribution in [3.8, 4) is 0 Å². The quantitative estimate of drug-likeness (QED) is 0.893. The second kappa shape index (κ2) is 5.76. The minimum Gasteiger partial charge on any atom is -0.381 e. The van der Waals surface area contributed by atoms with Crippen molar-refractivity contribution in [2.45, 2.75) is 26.3 Å². The molecule has 0 spiro atoms. The summed E-state index contributed by atoms with van der Waals surface area (Å²) in [6.45, 7) is 5.56. The molecule has 1 N–H and O–H groups in total. The molecule has 2 unspecified atom stereocenters. The largest absolute Gasteiger partial charge is 0.381 e. The van der Waals surface area contributed by atoms with Crippen molar-refractivity contribution in [1.29, 1.82) is 0 Å². The molecular weight excluding hydrogens is 236 g/mol. The molecule has 4 heteroatoms. The number of nitrogens with one attached hydrogen (secondary N) is 1. The summed E-state index contributed by atoms with van der Waals surface area (Å²) in [6, 6.07) is 3.14. The van der Waals surface area contributed by atoms with Gasteiger partial charge in [-0.15, -0.1) is 0 Å². The Kier molecular flexibility index (Phi) is 4.30. The summed E-state index contributed by atoms with van der Waals surface area (Å²) < 4.78 is 33.0. The Morgan fingerprint density at radius 2 is 2.17 bits per heavy atom. The molecule has 0 aromatic heterocycles. The molecule has 18 heavy (non-hydrogen) atoms. The van der Waals surface area contributed by atoms with E-state index in [0.29, 0.717) is 24.3 Å². The molecule has 0 aliphatic carbocycles. The minimum atomic E-state index is -0.741. The average Bonchev–Trinajstić information content (AvgIpc) is 2.88. The summed E-state index contributed by atoms with van der Waals surface area (Å²) in [4.78, 5) is 0. The molecule has 1 aliphatic heterocycles. The highest BCUT2D eigenvalue weighted by atomic mass is 19.2. The van der Waals surface area contributed by atoms with Gasteiger partial charge in [-0.1, -0.05) is 19.1 Å². The fourth-order valence-corrected chi connectivity index (χ4v) is 2.47. The zero-order valence-electron chi connectivity index (χ0n) is 10.8. The van der Waals surface area contributed by atoms with Crippen LogP contribution < -0.4 is 5.32 Å². The van der Waals surface area contributed by atoms with E-state index in [1.165, 1.54) is 0 Å². The van der Waals surface area contributed by atoms with Crippen molar-refractivity contribution in [3.05, 3.63) is 34.9 Å². The van der Waals surface area contributed by atoms with Crippen LogP contribution in [0.15, 0.2) is 12.1 Å². The molecule has 100 valence electrons. The van der Waals surface area contributed by atoms with Gasteiger partial charge in [-0.25, -0.2) is 8.78 Å². The number of hydrogen-bond acceptors (Lipinski definition) is 2. The van der Waals surface area contributed by atoms with Crippen molar-refractivity contribution in [2.24, 2.45) is 5.92 Å². The normalized spacial score (nSPS) is 21.2. The molecule has 0 amide bonds. The van der Waals surface area contributed by atoms with Crippen molar-refractivity contribution in [3.63, 3.8) is 0 Å². The summed E-state index contributed by atoms with van der Waals surface area (Å²) in [6.07, 6.45) is 0.882. The molecule has 2 atom stereocenters. The van der Waals surface area contributed by atoms with Crippen LogP contribution in [0.25, 0.3) is 0 Å². The summed E-state index contributed by atoms with van der Waals surface area (Å²) in [5, 5.41) is 3.24. The van der Waals surface area contributed by atoms with E-state index < -0.39 is 11.6 Å². The number of aryl methyl sites for hydroxylation is 1. The second-order valence-corrected chi connectivity index (χ2v) is 4.76. The van der Waals surface area contributed by atoms with E-state index in [9.17, 15) is 8.78 Å². The van der Waals surface area contributed by atoms with Gasteiger partial charge in [0.1, 0.15) is 0 Å². The van der Waals surface area contributed by atoms with Crippen LogP contribution in [0.4, 0.5) is 8.78 Å². The Balaban J connectivity index is 2.32. The van der Waals surface area contributed by atoms with Gasteiger partial charge in [0, 0.05) is 24.1 Å². The van der Waals surface area contributed by atoms with Crippen molar-refractivity contribution in [1.82, 2.24) is 5.32 Å². The van der Waals surface area contributed by atoms with E-state index in [-0.39, 0.29) is 12.0 Å². The maximum absolute atomic E-state index is 14.0. The lowest BCUT2D eigenvalue weighted by atomic mass is 9.91. The lowest BCUT2D eigenvalue weighted by molar-refractivity contribution is 0.176. The summed E-state index contributed by atoms with van der Waals surface area (Å²) in [5.74, 6) is -1.26. The highest BCUT2D eigenvalue weighted by molar-refractivity contribution is 5.28. The molecule has 0 bridgehead atoms. The van der Waals surface area contributed by atoms with Crippen LogP contribution in [0, 0.1) is 24.5 Å². The monoisotopic (exact) mass is 255 g/mol. The van der Waals surface area contributed by atoms with Gasteiger partial charge >= 0.3 is 0 Å². The third kappa shape index (κ3) is 2.54. The second-order valence-electron chi connectivity index (χ2n) is 4.76. The van der Waals surface area contributed by atoms with E-state index in [0.717, 1.165) is 13.0 Å². The Morgan fingerprint density at radius 3 is 2.78 bits per heavy atom. The highest BCUT2D eigenvalue weighted by Gasteiger charge is 2.29. The number of halogens is 2. The maximum atomic E-state index is 14.0. The zero-order chi connectivity index (χ0) is 13.1. The Bertz CT molecular complexity index is 417. The summed E-state index contributed by atoms with van der Waals surface area (Å²) >= 11 is 0. The van der Waals surface area contributed by atoms with Gasteiger partial charge in [0.2, 0.25) is 0 Å². The lowest BCUT2D eigenvalue weighted by Gasteiger charge is -2.24. The first-order valence-corrected chi connectivity index (χ1v) is 6.40. The topological polar surface area (TPSA) is 21.3 Å². The number of rotatable bonds is 4. The molecule has 2 nitrogen and oxygen atoms in total. The molecule has 0 radical (unpaired) electrons.